The predicted molar refractivity (Wildman–Crippen MR) is 118 cm³/mol. The first-order valence-corrected chi connectivity index (χ1v) is 11.3. The standard InChI is InChI=1S/C24H32N2O6.2Ac/c1-14-4-5-18-23(2,9-6-19(28)24(18,3)13-27)16(14)12-17(15-8-11-32-21(15)30)26-10-7-20(29)25-22(26)31;;/h7-8,10,16-19,27-28H,1,4-6,9,11-13H2,2-3H3,(H,25,29,31);;/t16-,17?,18?,19?,23+,24-;;/m0../s1. The predicted octanol–water partition coefficient (Wildman–Crippen LogP) is 1.69. The Labute approximate surface area is 270 Å². The summed E-state index contributed by atoms with van der Waals surface area (Å²) in [5.41, 5.74) is -0.512. The number of H-pyrrole nitrogens is 1. The Kier molecular flexibility index (Phi) is 10.7. The van der Waals surface area contributed by atoms with Crippen LogP contribution in [0, 0.1) is 111 Å². The van der Waals surface area contributed by atoms with Crippen molar-refractivity contribution in [1.82, 2.24) is 9.55 Å². The van der Waals surface area contributed by atoms with Gasteiger partial charge in [-0.1, -0.05) is 26.0 Å². The summed E-state index contributed by atoms with van der Waals surface area (Å²) in [5.74, 6) is -0.440. The number of fused-ring (bicyclic) bond motifs is 1. The van der Waals surface area contributed by atoms with Crippen LogP contribution >= 0.6 is 0 Å². The van der Waals surface area contributed by atoms with Gasteiger partial charge in [0.25, 0.3) is 5.56 Å². The van der Waals surface area contributed by atoms with Gasteiger partial charge in [-0.25, -0.2) is 9.59 Å². The molecular weight excluding hydrogens is 866 g/mol. The average Bonchev–Trinajstić information content (AvgIpc) is 3.17. The zero-order valence-corrected chi connectivity index (χ0v) is 29.3. The number of carbonyl (C=O) groups excluding carboxylic acids is 1. The monoisotopic (exact) mass is 898 g/mol. The number of allylic oxidation sites excluding steroid dienone is 1. The largest absolute Gasteiger partial charge is 0.458 e. The van der Waals surface area contributed by atoms with Gasteiger partial charge in [0.1, 0.15) is 6.61 Å². The van der Waals surface area contributed by atoms with Gasteiger partial charge in [-0.3, -0.25) is 14.3 Å². The normalized spacial score (nSPS) is 33.6. The molecule has 2 aliphatic carbocycles. The second-order valence-electron chi connectivity index (χ2n) is 10.1. The first-order chi connectivity index (χ1) is 15.1. The fourth-order valence-corrected chi connectivity index (χ4v) is 6.57. The van der Waals surface area contributed by atoms with Gasteiger partial charge < -0.3 is 14.9 Å². The van der Waals surface area contributed by atoms with Gasteiger partial charge in [0.05, 0.1) is 24.3 Å². The molecule has 1 aromatic heterocycles. The number of aromatic nitrogens is 2. The van der Waals surface area contributed by atoms with Crippen LogP contribution in [0.2, 0.25) is 0 Å². The molecule has 1 aromatic rings. The molecule has 2 heterocycles. The SMILES string of the molecule is C=C1CCC2[C@](C)(CO)C(O)CC[C@]2(C)[C@H]1CC(C1=CCOC1=O)n1ccc(=O)[nH]c1=O.[Ac].[Ac]. The number of cyclic esters (lactones) is 1. The maximum absolute atomic E-state index is 12.7. The summed E-state index contributed by atoms with van der Waals surface area (Å²) in [4.78, 5) is 39.1. The smallest absolute Gasteiger partial charge is 0.336 e. The molecule has 0 saturated heterocycles. The third-order valence-corrected chi connectivity index (χ3v) is 8.45. The fraction of sp³-hybridized carbons (Fsp3) is 0.625. The Balaban J connectivity index is 0.00000204. The van der Waals surface area contributed by atoms with Crippen LogP contribution in [0.5, 0.6) is 0 Å². The van der Waals surface area contributed by atoms with E-state index >= 15 is 0 Å². The second-order valence-corrected chi connectivity index (χ2v) is 10.1. The summed E-state index contributed by atoms with van der Waals surface area (Å²) in [6, 6.07) is 0.661. The van der Waals surface area contributed by atoms with Crippen molar-refractivity contribution in [2.45, 2.75) is 58.1 Å². The van der Waals surface area contributed by atoms with E-state index in [9.17, 15) is 24.6 Å². The van der Waals surface area contributed by atoms with Crippen LogP contribution in [0.4, 0.5) is 0 Å². The van der Waals surface area contributed by atoms with Gasteiger partial charge >= 0.3 is 11.7 Å². The van der Waals surface area contributed by atoms with Crippen molar-refractivity contribution >= 4 is 5.97 Å². The van der Waals surface area contributed by atoms with Gasteiger partial charge in [-0.15, -0.1) is 0 Å². The minimum absolute atomic E-state index is 0. The van der Waals surface area contributed by atoms with Crippen molar-refractivity contribution in [3.63, 3.8) is 0 Å². The number of ether oxygens (including phenoxy) is 1. The molecule has 0 spiro atoms. The molecule has 0 bridgehead atoms. The van der Waals surface area contributed by atoms with E-state index < -0.39 is 34.8 Å². The number of hydrogen-bond donors (Lipinski definition) is 3. The molecule has 3 N–H and O–H groups in total. The number of aromatic amines is 1. The van der Waals surface area contributed by atoms with Crippen LogP contribution in [0.15, 0.2) is 45.7 Å². The van der Waals surface area contributed by atoms with Crippen LogP contribution in [0.3, 0.4) is 0 Å². The number of nitrogens with one attached hydrogen (secondary N) is 1. The van der Waals surface area contributed by atoms with Crippen molar-refractivity contribution in [3.8, 4) is 0 Å². The van der Waals surface area contributed by atoms with Crippen LogP contribution < -0.4 is 11.2 Å². The maximum Gasteiger partial charge on any atom is 0.336 e. The Bertz CT molecular complexity index is 1080. The van der Waals surface area contributed by atoms with Gasteiger partial charge in [-0.2, -0.15) is 0 Å². The maximum atomic E-state index is 12.7. The molecule has 1 aliphatic heterocycles. The number of aliphatic hydroxyl groups excluding tert-OH is 2. The molecule has 2 saturated carbocycles. The minimum Gasteiger partial charge on any atom is -0.458 e. The summed E-state index contributed by atoms with van der Waals surface area (Å²) in [6.07, 6.45) is 5.89. The molecule has 2 fully saturated rings. The van der Waals surface area contributed by atoms with E-state index in [1.165, 1.54) is 16.8 Å². The van der Waals surface area contributed by atoms with Crippen molar-refractivity contribution in [3.05, 3.63) is 56.9 Å². The molecule has 4 rings (SSSR count). The minimum atomic E-state index is -0.623. The van der Waals surface area contributed by atoms with Crippen molar-refractivity contribution in [2.24, 2.45) is 22.7 Å². The second kappa shape index (κ2) is 11.9. The molecule has 3 aliphatic rings. The Morgan fingerprint density at radius 2 is 1.97 bits per heavy atom. The Morgan fingerprint density at radius 1 is 1.26 bits per heavy atom. The van der Waals surface area contributed by atoms with Gasteiger partial charge in [0.15, 0.2) is 0 Å². The Hall–Kier alpha value is 0.433. The van der Waals surface area contributed by atoms with E-state index in [1.54, 1.807) is 6.08 Å². The molecule has 0 amide bonds. The number of hydrogen-bond acceptors (Lipinski definition) is 6. The Morgan fingerprint density at radius 3 is 2.56 bits per heavy atom. The number of nitrogens with zero attached hydrogens (tertiary/aromatic N) is 1. The number of aliphatic hydroxyl groups is 2. The molecule has 3 unspecified atom stereocenters. The molecule has 0 aromatic carbocycles. The summed E-state index contributed by atoms with van der Waals surface area (Å²) in [5, 5.41) is 21.0. The summed E-state index contributed by atoms with van der Waals surface area (Å²) < 4.78 is 6.53. The molecule has 34 heavy (non-hydrogen) atoms. The summed E-state index contributed by atoms with van der Waals surface area (Å²) in [7, 11) is 0. The molecule has 180 valence electrons. The molecule has 8 nitrogen and oxygen atoms in total. The average molecular weight is 899 g/mol. The third kappa shape index (κ3) is 5.34. The molecular formula is C24H32Ac2N2O6. The van der Waals surface area contributed by atoms with Crippen LogP contribution in [-0.2, 0) is 9.53 Å². The topological polar surface area (TPSA) is 122 Å². The van der Waals surface area contributed by atoms with Gasteiger partial charge in [-0.05, 0) is 55.4 Å². The fourth-order valence-electron chi connectivity index (χ4n) is 6.57. The van der Waals surface area contributed by atoms with Crippen molar-refractivity contribution in [2.75, 3.05) is 13.2 Å². The zero-order valence-electron chi connectivity index (χ0n) is 19.8. The van der Waals surface area contributed by atoms with Crippen LogP contribution in [0.25, 0.3) is 0 Å². The van der Waals surface area contributed by atoms with E-state index in [4.69, 9.17) is 4.74 Å². The summed E-state index contributed by atoms with van der Waals surface area (Å²) in [6.45, 7) is 8.53. The first kappa shape index (κ1) is 30.7. The van der Waals surface area contributed by atoms with E-state index in [1.807, 2.05) is 6.92 Å². The molecule has 10 heteroatoms. The quantitative estimate of drug-likeness (QED) is 0.306. The van der Waals surface area contributed by atoms with Gasteiger partial charge in [0, 0.05) is 106 Å². The van der Waals surface area contributed by atoms with Crippen molar-refractivity contribution < 1.29 is 108 Å². The first-order valence-electron chi connectivity index (χ1n) is 11.3. The number of rotatable bonds is 5. The van der Waals surface area contributed by atoms with Crippen LogP contribution in [0.1, 0.15) is 52.0 Å². The van der Waals surface area contributed by atoms with Crippen molar-refractivity contribution in [1.29, 1.82) is 0 Å². The summed E-state index contributed by atoms with van der Waals surface area (Å²) >= 11 is 0. The molecule has 6 atom stereocenters. The third-order valence-electron chi connectivity index (χ3n) is 8.45. The molecule has 2 radical (unpaired) electrons. The number of esters is 1. The zero-order chi connectivity index (χ0) is 23.3. The van der Waals surface area contributed by atoms with Gasteiger partial charge in [0.2, 0.25) is 0 Å². The van der Waals surface area contributed by atoms with E-state index in [0.29, 0.717) is 18.4 Å². The van der Waals surface area contributed by atoms with Crippen LogP contribution in [-0.4, -0.2) is 45.1 Å². The van der Waals surface area contributed by atoms with E-state index in [0.717, 1.165) is 24.8 Å². The van der Waals surface area contributed by atoms with E-state index in [-0.39, 0.29) is 119 Å². The number of carbonyl (C=O) groups is 1. The van der Waals surface area contributed by atoms with E-state index in [2.05, 4.69) is 18.5 Å².